The van der Waals surface area contributed by atoms with Gasteiger partial charge < -0.3 is 15.0 Å². The summed E-state index contributed by atoms with van der Waals surface area (Å²) in [7, 11) is -2.19. The van der Waals surface area contributed by atoms with E-state index < -0.39 is 28.5 Å². The summed E-state index contributed by atoms with van der Waals surface area (Å²) in [6.07, 6.45) is 5.48. The fourth-order valence-corrected chi connectivity index (χ4v) is 5.69. The van der Waals surface area contributed by atoms with Crippen LogP contribution < -0.4 is 14.4 Å². The predicted molar refractivity (Wildman–Crippen MR) is 144 cm³/mol. The van der Waals surface area contributed by atoms with E-state index in [1.165, 1.54) is 4.90 Å². The highest BCUT2D eigenvalue weighted by Gasteiger charge is 2.33. The van der Waals surface area contributed by atoms with Crippen molar-refractivity contribution in [2.75, 3.05) is 24.2 Å². The summed E-state index contributed by atoms with van der Waals surface area (Å²) in [5, 5.41) is 3.10. The number of carbonyl (C=O) groups excluding carboxylic acids is 2. The van der Waals surface area contributed by atoms with Crippen molar-refractivity contribution < 1.29 is 22.7 Å². The number of hydrogen-bond acceptors (Lipinski definition) is 5. The normalized spacial score (nSPS) is 14.8. The molecule has 2 aromatic rings. The molecular formula is C26H34BrN3O5S. The van der Waals surface area contributed by atoms with Gasteiger partial charge >= 0.3 is 0 Å². The minimum atomic E-state index is -3.77. The van der Waals surface area contributed by atoms with Crippen molar-refractivity contribution in [2.24, 2.45) is 0 Å². The molecule has 0 aliphatic heterocycles. The van der Waals surface area contributed by atoms with Crippen molar-refractivity contribution in [3.63, 3.8) is 0 Å². The van der Waals surface area contributed by atoms with Gasteiger partial charge in [-0.3, -0.25) is 13.9 Å². The first-order valence-electron chi connectivity index (χ1n) is 12.1. The van der Waals surface area contributed by atoms with E-state index in [0.717, 1.165) is 41.8 Å². The molecule has 1 saturated carbocycles. The standard InChI is InChI=1S/C26H34BrN3O5S/c1-4-24(26(32)28-21-9-5-6-10-21)29(17-19-12-14-23(35-2)15-13-19)25(31)18-30(36(3,33)34)22-11-7-8-20(27)16-22/h7-8,11-16,21,24H,4-6,9-10,17-18H2,1-3H3,(H,28,32). The topological polar surface area (TPSA) is 96.0 Å². The largest absolute Gasteiger partial charge is 0.497 e. The van der Waals surface area contributed by atoms with Gasteiger partial charge in [-0.1, -0.05) is 53.9 Å². The van der Waals surface area contributed by atoms with Gasteiger partial charge in [0, 0.05) is 17.1 Å². The average Bonchev–Trinajstić information content (AvgIpc) is 3.35. The number of nitrogens with one attached hydrogen (secondary N) is 1. The molecule has 2 aromatic carbocycles. The summed E-state index contributed by atoms with van der Waals surface area (Å²) in [6, 6.07) is 13.4. The number of methoxy groups -OCH3 is 1. The number of hydrogen-bond donors (Lipinski definition) is 1. The second kappa shape index (κ2) is 12.6. The van der Waals surface area contributed by atoms with Gasteiger partial charge in [-0.25, -0.2) is 8.42 Å². The van der Waals surface area contributed by atoms with E-state index in [2.05, 4.69) is 21.2 Å². The lowest BCUT2D eigenvalue weighted by Gasteiger charge is -2.33. The van der Waals surface area contributed by atoms with Crippen LogP contribution in [0.4, 0.5) is 5.69 Å². The van der Waals surface area contributed by atoms with Crippen LogP contribution in [0, 0.1) is 0 Å². The maximum Gasteiger partial charge on any atom is 0.244 e. The molecule has 0 radical (unpaired) electrons. The predicted octanol–water partition coefficient (Wildman–Crippen LogP) is 4.09. The molecule has 36 heavy (non-hydrogen) atoms. The summed E-state index contributed by atoms with van der Waals surface area (Å²) in [4.78, 5) is 28.5. The van der Waals surface area contributed by atoms with E-state index >= 15 is 0 Å². The van der Waals surface area contributed by atoms with Crippen molar-refractivity contribution in [3.05, 3.63) is 58.6 Å². The highest BCUT2D eigenvalue weighted by atomic mass is 79.9. The Labute approximate surface area is 222 Å². The number of rotatable bonds is 11. The molecule has 196 valence electrons. The van der Waals surface area contributed by atoms with Crippen molar-refractivity contribution in [3.8, 4) is 5.75 Å². The smallest absolute Gasteiger partial charge is 0.244 e. The molecule has 0 saturated heterocycles. The number of benzene rings is 2. The molecule has 0 bridgehead atoms. The SMILES string of the molecule is CCC(C(=O)NC1CCCC1)N(Cc1ccc(OC)cc1)C(=O)CN(c1cccc(Br)c1)S(C)(=O)=O. The third-order valence-electron chi connectivity index (χ3n) is 6.37. The van der Waals surface area contributed by atoms with Crippen molar-refractivity contribution in [2.45, 2.75) is 57.7 Å². The summed E-state index contributed by atoms with van der Waals surface area (Å²) >= 11 is 3.36. The molecule has 1 unspecified atom stereocenters. The minimum Gasteiger partial charge on any atom is -0.497 e. The summed E-state index contributed by atoms with van der Waals surface area (Å²) in [5.74, 6) is 0.0183. The Kier molecular flexibility index (Phi) is 9.78. The van der Waals surface area contributed by atoms with Gasteiger partial charge in [-0.05, 0) is 55.2 Å². The molecular weight excluding hydrogens is 546 g/mol. The van der Waals surface area contributed by atoms with Gasteiger partial charge in [0.25, 0.3) is 0 Å². The second-order valence-corrected chi connectivity index (χ2v) is 11.9. The van der Waals surface area contributed by atoms with Crippen LogP contribution in [0.15, 0.2) is 53.0 Å². The summed E-state index contributed by atoms with van der Waals surface area (Å²) in [5.41, 5.74) is 1.18. The van der Waals surface area contributed by atoms with Crippen LogP contribution in [0.3, 0.4) is 0 Å². The molecule has 0 heterocycles. The van der Waals surface area contributed by atoms with Crippen molar-refractivity contribution in [1.29, 1.82) is 0 Å². The van der Waals surface area contributed by atoms with E-state index in [4.69, 9.17) is 4.74 Å². The highest BCUT2D eigenvalue weighted by molar-refractivity contribution is 9.10. The number of halogens is 1. The quantitative estimate of drug-likeness (QED) is 0.432. The fraction of sp³-hybridized carbons (Fsp3) is 0.462. The Morgan fingerprint density at radius 2 is 1.81 bits per heavy atom. The van der Waals surface area contributed by atoms with Gasteiger partial charge in [0.15, 0.2) is 0 Å². The van der Waals surface area contributed by atoms with Crippen LogP contribution in [0.5, 0.6) is 5.75 Å². The number of amides is 2. The van der Waals surface area contributed by atoms with Gasteiger partial charge in [0.05, 0.1) is 19.1 Å². The van der Waals surface area contributed by atoms with Crippen LogP contribution in [0.25, 0.3) is 0 Å². The first kappa shape index (κ1) is 28.0. The Balaban J connectivity index is 1.91. The first-order chi connectivity index (χ1) is 17.1. The van der Waals surface area contributed by atoms with Crippen molar-refractivity contribution in [1.82, 2.24) is 10.2 Å². The molecule has 1 N–H and O–H groups in total. The monoisotopic (exact) mass is 579 g/mol. The molecule has 1 aliphatic carbocycles. The first-order valence-corrected chi connectivity index (χ1v) is 14.7. The maximum atomic E-state index is 13.7. The Morgan fingerprint density at radius 1 is 1.14 bits per heavy atom. The number of nitrogens with zero attached hydrogens (tertiary/aromatic N) is 2. The minimum absolute atomic E-state index is 0.110. The Bertz CT molecular complexity index is 1150. The Hall–Kier alpha value is -2.59. The van der Waals surface area contributed by atoms with Gasteiger partial charge in [-0.2, -0.15) is 0 Å². The second-order valence-electron chi connectivity index (χ2n) is 9.03. The zero-order valence-electron chi connectivity index (χ0n) is 20.9. The number of ether oxygens (including phenoxy) is 1. The molecule has 1 aliphatic rings. The van der Waals surface area contributed by atoms with Crippen LogP contribution in [0.1, 0.15) is 44.6 Å². The van der Waals surface area contributed by atoms with E-state index in [1.54, 1.807) is 43.5 Å². The lowest BCUT2D eigenvalue weighted by Crippen LogP contribution is -2.53. The Morgan fingerprint density at radius 3 is 2.36 bits per heavy atom. The fourth-order valence-electron chi connectivity index (χ4n) is 4.46. The van der Waals surface area contributed by atoms with Crippen molar-refractivity contribution >= 4 is 43.5 Å². The summed E-state index contributed by atoms with van der Waals surface area (Å²) < 4.78 is 32.4. The molecule has 0 aromatic heterocycles. The molecule has 1 fully saturated rings. The average molecular weight is 581 g/mol. The third kappa shape index (κ3) is 7.46. The van der Waals surface area contributed by atoms with Gasteiger partial charge in [0.2, 0.25) is 21.8 Å². The molecule has 8 nitrogen and oxygen atoms in total. The zero-order chi connectivity index (χ0) is 26.3. The van der Waals surface area contributed by atoms with E-state index in [9.17, 15) is 18.0 Å². The lowest BCUT2D eigenvalue weighted by molar-refractivity contribution is -0.140. The number of sulfonamides is 1. The molecule has 0 spiro atoms. The van der Waals surface area contributed by atoms with Gasteiger partial charge in [0.1, 0.15) is 18.3 Å². The molecule has 2 amide bonds. The van der Waals surface area contributed by atoms with Crippen LogP contribution in [-0.4, -0.2) is 57.1 Å². The number of anilines is 1. The molecule has 10 heteroatoms. The number of carbonyl (C=O) groups is 2. The van der Waals surface area contributed by atoms with Crippen LogP contribution >= 0.6 is 15.9 Å². The van der Waals surface area contributed by atoms with E-state index in [-0.39, 0.29) is 18.5 Å². The van der Waals surface area contributed by atoms with Crippen LogP contribution in [-0.2, 0) is 26.2 Å². The lowest BCUT2D eigenvalue weighted by atomic mass is 10.1. The highest BCUT2D eigenvalue weighted by Crippen LogP contribution is 2.24. The van der Waals surface area contributed by atoms with Crippen LogP contribution in [0.2, 0.25) is 0 Å². The van der Waals surface area contributed by atoms with Gasteiger partial charge in [-0.15, -0.1) is 0 Å². The summed E-state index contributed by atoms with van der Waals surface area (Å²) in [6.45, 7) is 1.60. The molecule has 1 atom stereocenters. The van der Waals surface area contributed by atoms with E-state index in [1.807, 2.05) is 19.1 Å². The van der Waals surface area contributed by atoms with E-state index in [0.29, 0.717) is 22.3 Å². The molecule has 3 rings (SSSR count). The third-order valence-corrected chi connectivity index (χ3v) is 8.01. The zero-order valence-corrected chi connectivity index (χ0v) is 23.3. The maximum absolute atomic E-state index is 13.7.